The second-order valence-corrected chi connectivity index (χ2v) is 22.6. The first-order valence-corrected chi connectivity index (χ1v) is 25.2. The molecular formula is C57H68N4O5. The van der Waals surface area contributed by atoms with E-state index in [1.807, 2.05) is 30.9 Å². The highest BCUT2D eigenvalue weighted by Crippen LogP contribution is 2.68. The smallest absolute Gasteiger partial charge is 0.302 e. The molecule has 346 valence electrons. The monoisotopic (exact) mass is 889 g/mol. The van der Waals surface area contributed by atoms with Crippen LogP contribution in [-0.2, 0) is 23.9 Å². The lowest BCUT2D eigenvalue weighted by Gasteiger charge is -2.57. The van der Waals surface area contributed by atoms with Crippen LogP contribution in [0.1, 0.15) is 131 Å². The zero-order valence-corrected chi connectivity index (χ0v) is 39.9. The predicted molar refractivity (Wildman–Crippen MR) is 258 cm³/mol. The number of ether oxygens (including phenoxy) is 2. The lowest BCUT2D eigenvalue weighted by molar-refractivity contribution is -0.149. The third-order valence-electron chi connectivity index (χ3n) is 19.5. The first-order valence-electron chi connectivity index (χ1n) is 25.2. The van der Waals surface area contributed by atoms with E-state index in [0.717, 1.165) is 98.0 Å². The van der Waals surface area contributed by atoms with Crippen LogP contribution in [0, 0.1) is 57.2 Å². The van der Waals surface area contributed by atoms with Gasteiger partial charge in [-0.2, -0.15) is 0 Å². The highest BCUT2D eigenvalue weighted by Gasteiger charge is 2.60. The van der Waals surface area contributed by atoms with Gasteiger partial charge in [0.1, 0.15) is 31.1 Å². The molecule has 4 saturated carbocycles. The minimum Gasteiger partial charge on any atom is -0.462 e. The zero-order chi connectivity index (χ0) is 45.8. The van der Waals surface area contributed by atoms with E-state index in [-0.39, 0.29) is 45.8 Å². The number of esters is 2. The van der Waals surface area contributed by atoms with Crippen molar-refractivity contribution < 1.29 is 23.9 Å². The van der Waals surface area contributed by atoms with Crippen LogP contribution in [-0.4, -0.2) is 49.5 Å². The molecule has 8 aliphatic rings. The fourth-order valence-corrected chi connectivity index (χ4v) is 16.4. The van der Waals surface area contributed by atoms with Crippen molar-refractivity contribution in [3.05, 3.63) is 96.1 Å². The van der Waals surface area contributed by atoms with E-state index in [4.69, 9.17) is 9.47 Å². The lowest BCUT2D eigenvalue weighted by Crippen LogP contribution is -2.50. The van der Waals surface area contributed by atoms with Crippen molar-refractivity contribution in [2.45, 2.75) is 144 Å². The molecule has 0 saturated heterocycles. The molecule has 0 spiro atoms. The molecule has 2 heterocycles. The van der Waals surface area contributed by atoms with Gasteiger partial charge in [-0.3, -0.25) is 14.4 Å². The van der Waals surface area contributed by atoms with Gasteiger partial charge in [0.05, 0.1) is 22.1 Å². The third-order valence-corrected chi connectivity index (χ3v) is 19.5. The molecule has 12 rings (SSSR count). The van der Waals surface area contributed by atoms with E-state index in [0.29, 0.717) is 23.7 Å². The number of aldehydes is 1. The molecule has 2 aromatic carbocycles. The maximum Gasteiger partial charge on any atom is 0.302 e. The topological polar surface area (TPSA) is 105 Å². The Labute approximate surface area is 390 Å². The van der Waals surface area contributed by atoms with Gasteiger partial charge in [0.2, 0.25) is 0 Å². The van der Waals surface area contributed by atoms with Crippen LogP contribution in [0.3, 0.4) is 0 Å². The maximum absolute atomic E-state index is 12.4. The number of hydrogen-bond acceptors (Lipinski definition) is 7. The number of carbonyl (C=O) groups excluding carboxylic acids is 3. The van der Waals surface area contributed by atoms with Gasteiger partial charge < -0.3 is 18.6 Å². The lowest BCUT2D eigenvalue weighted by atomic mass is 9.47. The fraction of sp³-hybridized carbons (Fsp3) is 0.561. The number of rotatable bonds is 5. The van der Waals surface area contributed by atoms with Crippen molar-refractivity contribution in [2.24, 2.45) is 57.2 Å². The Hall–Kier alpha value is -5.05. The minimum atomic E-state index is -0.172. The van der Waals surface area contributed by atoms with Gasteiger partial charge in [-0.05, 0) is 148 Å². The van der Waals surface area contributed by atoms with Crippen molar-refractivity contribution >= 4 is 51.7 Å². The summed E-state index contributed by atoms with van der Waals surface area (Å²) in [6.07, 6.45) is 27.7. The third kappa shape index (κ3) is 6.70. The molecule has 0 aliphatic heterocycles. The van der Waals surface area contributed by atoms with Crippen molar-refractivity contribution in [1.82, 2.24) is 19.1 Å². The maximum atomic E-state index is 12.4. The van der Waals surface area contributed by atoms with Gasteiger partial charge in [-0.15, -0.1) is 0 Å². The summed E-state index contributed by atoms with van der Waals surface area (Å²) in [4.78, 5) is 44.7. The number of para-hydroxylation sites is 4. The molecule has 0 bridgehead atoms. The number of fused-ring (bicyclic) bond motifs is 12. The van der Waals surface area contributed by atoms with Crippen molar-refractivity contribution in [1.29, 1.82) is 0 Å². The van der Waals surface area contributed by atoms with Crippen LogP contribution in [0.2, 0.25) is 0 Å². The highest BCUT2D eigenvalue weighted by molar-refractivity contribution is 5.90. The Morgan fingerprint density at radius 1 is 0.591 bits per heavy atom. The molecule has 8 aliphatic carbocycles. The van der Waals surface area contributed by atoms with Gasteiger partial charge in [0.15, 0.2) is 0 Å². The standard InChI is InChI=1S/C29H34N2O3.C28H34N2O2/c1-18(33)34-21-10-12-28(2)20(15-21)8-9-22-23(28)11-13-29(3)24(22)14-19(16-32)27(29)31-17-30-25-6-4-5-7-26(25)31;1-18(31)32-20-12-14-27(2)19(16-20)8-9-21-22-10-11-26(28(22,3)15-13-23(21)27)30-17-29-24-6-4-5-7-25(24)30/h4-8,16-17,21-24H,9-15H2,1-3H3;4-8,11,17,20-23H,9-10,12-16H2,1-3H3/t21-,22-,23+,24+,28+,29+;20-,21+,22+,23+,27+,28+/m11/s1. The molecule has 0 amide bonds. The van der Waals surface area contributed by atoms with Gasteiger partial charge >= 0.3 is 11.9 Å². The van der Waals surface area contributed by atoms with Gasteiger partial charge in [0.25, 0.3) is 0 Å². The predicted octanol–water partition coefficient (Wildman–Crippen LogP) is 12.3. The quantitative estimate of drug-likeness (QED) is 0.112. The van der Waals surface area contributed by atoms with Crippen LogP contribution in [0.4, 0.5) is 0 Å². The average Bonchev–Trinajstić information content (AvgIpc) is 4.07. The molecule has 9 heteroatoms. The molecular weight excluding hydrogens is 821 g/mol. The molecule has 4 aromatic rings. The Morgan fingerprint density at radius 3 is 1.65 bits per heavy atom. The SMILES string of the molecule is CC(=O)O[C@@H]1CC[C@@]2(C)C(=CC[C@@H]3[C@@H]2CC[C@]2(C)C(n4cnc5ccccc54)=C(C=O)C[C@@H]32)C1.CC(=O)O[C@@H]1CC[C@@]2(C)C(=CC[C@@H]3[C@@H]2CC[C@]2(C)C(n4cnc5ccccc54)=CC[C@@H]32)C1. The van der Waals surface area contributed by atoms with E-state index < -0.39 is 0 Å². The molecule has 66 heavy (non-hydrogen) atoms. The Bertz CT molecular complexity index is 2750. The van der Waals surface area contributed by atoms with E-state index in [1.165, 1.54) is 68.4 Å². The summed E-state index contributed by atoms with van der Waals surface area (Å²) in [5.74, 6) is 3.51. The molecule has 4 fully saturated rings. The first kappa shape index (κ1) is 43.5. The fourth-order valence-electron chi connectivity index (χ4n) is 16.4. The molecule has 0 radical (unpaired) electrons. The zero-order valence-electron chi connectivity index (χ0n) is 39.9. The van der Waals surface area contributed by atoms with Gasteiger partial charge in [-0.25, -0.2) is 9.97 Å². The summed E-state index contributed by atoms with van der Waals surface area (Å²) in [5, 5.41) is 0. The van der Waals surface area contributed by atoms with Gasteiger partial charge in [-0.1, -0.05) is 81.3 Å². The Kier molecular flexibility index (Phi) is 10.6. The molecule has 0 unspecified atom stereocenters. The Morgan fingerprint density at radius 2 is 1.09 bits per heavy atom. The van der Waals surface area contributed by atoms with Gasteiger partial charge in [0, 0.05) is 54.5 Å². The number of benzene rings is 2. The number of imidazole rings is 2. The summed E-state index contributed by atoms with van der Waals surface area (Å²) in [6, 6.07) is 16.7. The largest absolute Gasteiger partial charge is 0.462 e. The van der Waals surface area contributed by atoms with E-state index >= 15 is 0 Å². The summed E-state index contributed by atoms with van der Waals surface area (Å²) in [7, 11) is 0. The average molecular weight is 889 g/mol. The normalized spacial score (nSPS) is 37.6. The number of aromatic nitrogens is 4. The van der Waals surface area contributed by atoms with Crippen LogP contribution in [0.15, 0.2) is 96.1 Å². The van der Waals surface area contributed by atoms with E-state index in [1.54, 1.807) is 5.57 Å². The minimum absolute atomic E-state index is 0.0261. The van der Waals surface area contributed by atoms with Crippen LogP contribution < -0.4 is 0 Å². The van der Waals surface area contributed by atoms with E-state index in [2.05, 4.69) is 95.4 Å². The summed E-state index contributed by atoms with van der Waals surface area (Å²) in [5.41, 5.74) is 11.6. The van der Waals surface area contributed by atoms with Crippen molar-refractivity contribution in [3.63, 3.8) is 0 Å². The molecule has 12 atom stereocenters. The first-order chi connectivity index (χ1) is 31.7. The highest BCUT2D eigenvalue weighted by atomic mass is 16.5. The van der Waals surface area contributed by atoms with Crippen molar-refractivity contribution in [2.75, 3.05) is 0 Å². The summed E-state index contributed by atoms with van der Waals surface area (Å²) in [6.45, 7) is 12.9. The van der Waals surface area contributed by atoms with E-state index in [9.17, 15) is 14.4 Å². The summed E-state index contributed by atoms with van der Waals surface area (Å²) >= 11 is 0. The number of carbonyl (C=O) groups is 3. The number of nitrogens with zero attached hydrogens (tertiary/aromatic N) is 4. The van der Waals surface area contributed by atoms with Crippen LogP contribution in [0.5, 0.6) is 0 Å². The number of allylic oxidation sites excluding steroid dienone is 6. The second-order valence-electron chi connectivity index (χ2n) is 22.6. The van der Waals surface area contributed by atoms with Crippen molar-refractivity contribution in [3.8, 4) is 0 Å². The number of hydrogen-bond donors (Lipinski definition) is 0. The Balaban J connectivity index is 0.000000146. The van der Waals surface area contributed by atoms with Crippen LogP contribution in [0.25, 0.3) is 33.5 Å². The summed E-state index contributed by atoms with van der Waals surface area (Å²) < 4.78 is 15.8. The van der Waals surface area contributed by atoms with Crippen LogP contribution >= 0.6 is 0 Å². The molecule has 2 aromatic heterocycles. The second kappa shape index (κ2) is 16.0. The molecule has 9 nitrogen and oxygen atoms in total. The molecule has 0 N–H and O–H groups in total.